The summed E-state index contributed by atoms with van der Waals surface area (Å²) >= 11 is 1.74. The van der Waals surface area contributed by atoms with E-state index in [0.717, 1.165) is 44.7 Å². The van der Waals surface area contributed by atoms with E-state index in [0.29, 0.717) is 11.8 Å². The minimum absolute atomic E-state index is 0.156. The molecule has 0 saturated carbocycles. The molecule has 146 valence electrons. The molecule has 1 saturated heterocycles. The molecular formula is C21H28N2O3S. The first-order valence-electron chi connectivity index (χ1n) is 9.31. The maximum atomic E-state index is 9.68. The Bertz CT molecular complexity index is 733. The van der Waals surface area contributed by atoms with Crippen LogP contribution >= 0.6 is 11.3 Å². The van der Waals surface area contributed by atoms with Crippen LogP contribution in [0.1, 0.15) is 17.5 Å². The van der Waals surface area contributed by atoms with Crippen molar-refractivity contribution in [2.75, 3.05) is 39.9 Å². The molecule has 0 spiro atoms. The molecule has 6 heteroatoms. The minimum Gasteiger partial charge on any atom is -0.504 e. The highest BCUT2D eigenvalue weighted by Crippen LogP contribution is 2.26. The molecule has 5 nitrogen and oxygen atoms in total. The van der Waals surface area contributed by atoms with Gasteiger partial charge in [0.1, 0.15) is 0 Å². The smallest absolute Gasteiger partial charge is 0.161 e. The Kier molecular flexibility index (Phi) is 7.29. The Balaban J connectivity index is 1.55. The van der Waals surface area contributed by atoms with Crippen molar-refractivity contribution in [1.82, 2.24) is 9.80 Å². The van der Waals surface area contributed by atoms with Gasteiger partial charge in [0, 0.05) is 45.4 Å². The van der Waals surface area contributed by atoms with Gasteiger partial charge in [-0.25, -0.2) is 0 Å². The van der Waals surface area contributed by atoms with Gasteiger partial charge in [0.05, 0.1) is 7.11 Å². The lowest BCUT2D eigenvalue weighted by atomic mass is 10.1. The first kappa shape index (κ1) is 19.9. The molecule has 1 atom stereocenters. The molecule has 0 radical (unpaired) electrons. The van der Waals surface area contributed by atoms with Crippen molar-refractivity contribution in [1.29, 1.82) is 0 Å². The number of rotatable bonds is 8. The van der Waals surface area contributed by atoms with Crippen LogP contribution < -0.4 is 4.74 Å². The molecule has 2 heterocycles. The van der Waals surface area contributed by atoms with Gasteiger partial charge in [0.25, 0.3) is 0 Å². The SMILES string of the molecule is COc1cc(/C=C/CN2CCN(Cc3ccsc3)C(CCO)C2)ccc1O. The molecule has 0 bridgehead atoms. The molecule has 1 aliphatic heterocycles. The summed E-state index contributed by atoms with van der Waals surface area (Å²) in [5.74, 6) is 0.644. The van der Waals surface area contributed by atoms with Gasteiger partial charge >= 0.3 is 0 Å². The van der Waals surface area contributed by atoms with Gasteiger partial charge in [-0.05, 0) is 46.5 Å². The number of methoxy groups -OCH3 is 1. The third-order valence-corrected chi connectivity index (χ3v) is 5.73. The molecule has 1 fully saturated rings. The van der Waals surface area contributed by atoms with Crippen LogP contribution in [0, 0.1) is 0 Å². The summed E-state index contributed by atoms with van der Waals surface area (Å²) in [7, 11) is 1.55. The van der Waals surface area contributed by atoms with Gasteiger partial charge in [-0.15, -0.1) is 0 Å². The lowest BCUT2D eigenvalue weighted by molar-refractivity contribution is 0.0598. The Morgan fingerprint density at radius 3 is 2.93 bits per heavy atom. The van der Waals surface area contributed by atoms with E-state index in [4.69, 9.17) is 4.74 Å². The number of benzene rings is 1. The van der Waals surface area contributed by atoms with Crippen LogP contribution in [0.5, 0.6) is 11.5 Å². The summed E-state index contributed by atoms with van der Waals surface area (Å²) in [6.07, 6.45) is 5.01. The van der Waals surface area contributed by atoms with E-state index < -0.39 is 0 Å². The first-order chi connectivity index (χ1) is 13.2. The van der Waals surface area contributed by atoms with Gasteiger partial charge < -0.3 is 14.9 Å². The number of ether oxygens (including phenoxy) is 1. The first-order valence-corrected chi connectivity index (χ1v) is 10.3. The lowest BCUT2D eigenvalue weighted by Crippen LogP contribution is -2.52. The van der Waals surface area contributed by atoms with Crippen molar-refractivity contribution >= 4 is 17.4 Å². The average Bonchev–Trinajstić information content (AvgIpc) is 3.18. The van der Waals surface area contributed by atoms with E-state index in [9.17, 15) is 10.2 Å². The fraction of sp³-hybridized carbons (Fsp3) is 0.429. The maximum Gasteiger partial charge on any atom is 0.161 e. The molecule has 1 unspecified atom stereocenters. The number of piperazine rings is 1. The van der Waals surface area contributed by atoms with Gasteiger partial charge in [-0.2, -0.15) is 11.3 Å². The summed E-state index contributed by atoms with van der Waals surface area (Å²) in [5.41, 5.74) is 2.37. The number of hydrogen-bond acceptors (Lipinski definition) is 6. The Morgan fingerprint density at radius 1 is 1.30 bits per heavy atom. The third kappa shape index (κ3) is 5.56. The van der Waals surface area contributed by atoms with E-state index in [1.165, 1.54) is 5.56 Å². The molecule has 1 aromatic carbocycles. The molecule has 1 aliphatic rings. The summed E-state index contributed by atoms with van der Waals surface area (Å²) < 4.78 is 5.15. The highest BCUT2D eigenvalue weighted by Gasteiger charge is 2.26. The fourth-order valence-corrected chi connectivity index (χ4v) is 4.17. The van der Waals surface area contributed by atoms with Gasteiger partial charge in [0.2, 0.25) is 0 Å². The third-order valence-electron chi connectivity index (χ3n) is 4.99. The number of aromatic hydroxyl groups is 1. The van der Waals surface area contributed by atoms with Crippen LogP contribution in [0.3, 0.4) is 0 Å². The second-order valence-corrected chi connectivity index (χ2v) is 7.64. The minimum atomic E-state index is 0.156. The molecule has 2 aromatic rings. The standard InChI is InChI=1S/C21H28N2O3S/c1-26-21-13-17(4-5-20(21)25)3-2-8-22-9-10-23(19(15-22)6-11-24)14-18-7-12-27-16-18/h2-5,7,12-13,16,19,24-25H,6,8-11,14-15H2,1H3/b3-2+. The number of phenolic OH excluding ortho intramolecular Hbond substituents is 1. The molecule has 0 amide bonds. The predicted molar refractivity (Wildman–Crippen MR) is 110 cm³/mol. The number of aliphatic hydroxyl groups excluding tert-OH is 1. The van der Waals surface area contributed by atoms with Gasteiger partial charge in [-0.1, -0.05) is 18.2 Å². The summed E-state index contributed by atoms with van der Waals surface area (Å²) in [4.78, 5) is 4.92. The topological polar surface area (TPSA) is 56.2 Å². The highest BCUT2D eigenvalue weighted by atomic mass is 32.1. The van der Waals surface area contributed by atoms with Crippen molar-refractivity contribution in [2.24, 2.45) is 0 Å². The van der Waals surface area contributed by atoms with E-state index >= 15 is 0 Å². The van der Waals surface area contributed by atoms with Crippen LogP contribution in [0.2, 0.25) is 0 Å². The molecule has 27 heavy (non-hydrogen) atoms. The molecule has 0 aliphatic carbocycles. The predicted octanol–water partition coefficient (Wildman–Crippen LogP) is 3.04. The van der Waals surface area contributed by atoms with Crippen molar-refractivity contribution < 1.29 is 14.9 Å². The van der Waals surface area contributed by atoms with Crippen molar-refractivity contribution in [3.8, 4) is 11.5 Å². The monoisotopic (exact) mass is 388 g/mol. The Morgan fingerprint density at radius 2 is 2.19 bits per heavy atom. The summed E-state index contributed by atoms with van der Waals surface area (Å²) in [6, 6.07) is 7.92. The van der Waals surface area contributed by atoms with Gasteiger partial charge in [-0.3, -0.25) is 9.80 Å². The Labute approximate surface area is 165 Å². The largest absolute Gasteiger partial charge is 0.504 e. The van der Waals surface area contributed by atoms with Crippen LogP contribution in [0.25, 0.3) is 6.08 Å². The normalized spacial score (nSPS) is 19.0. The van der Waals surface area contributed by atoms with Gasteiger partial charge in [0.15, 0.2) is 11.5 Å². The number of nitrogens with zero attached hydrogens (tertiary/aromatic N) is 2. The zero-order valence-corrected chi connectivity index (χ0v) is 16.6. The Hall–Kier alpha value is -1.86. The second kappa shape index (κ2) is 9.90. The number of phenols is 1. The van der Waals surface area contributed by atoms with E-state index in [1.54, 1.807) is 24.5 Å². The molecule has 1 aromatic heterocycles. The number of thiophene rings is 1. The number of hydrogen-bond donors (Lipinski definition) is 2. The van der Waals surface area contributed by atoms with E-state index in [1.807, 2.05) is 12.1 Å². The van der Waals surface area contributed by atoms with E-state index in [-0.39, 0.29) is 12.4 Å². The summed E-state index contributed by atoms with van der Waals surface area (Å²) in [6.45, 7) is 5.06. The van der Waals surface area contributed by atoms with Crippen LogP contribution in [0.15, 0.2) is 41.1 Å². The van der Waals surface area contributed by atoms with Crippen LogP contribution in [0.4, 0.5) is 0 Å². The fourth-order valence-electron chi connectivity index (χ4n) is 3.51. The maximum absolute atomic E-state index is 9.68. The van der Waals surface area contributed by atoms with E-state index in [2.05, 4.69) is 38.8 Å². The van der Waals surface area contributed by atoms with Crippen LogP contribution in [-0.4, -0.2) is 66.0 Å². The zero-order valence-electron chi connectivity index (χ0n) is 15.8. The average molecular weight is 389 g/mol. The van der Waals surface area contributed by atoms with Crippen molar-refractivity contribution in [3.05, 3.63) is 52.2 Å². The molecule has 2 N–H and O–H groups in total. The summed E-state index contributed by atoms with van der Waals surface area (Å²) in [5, 5.41) is 23.5. The quantitative estimate of drug-likeness (QED) is 0.728. The molecular weight excluding hydrogens is 360 g/mol. The lowest BCUT2D eigenvalue weighted by Gasteiger charge is -2.41. The van der Waals surface area contributed by atoms with Crippen molar-refractivity contribution in [3.63, 3.8) is 0 Å². The van der Waals surface area contributed by atoms with Crippen LogP contribution in [-0.2, 0) is 6.54 Å². The zero-order chi connectivity index (χ0) is 19.1. The second-order valence-electron chi connectivity index (χ2n) is 6.86. The number of aliphatic hydroxyl groups is 1. The van der Waals surface area contributed by atoms with Crippen molar-refractivity contribution in [2.45, 2.75) is 19.0 Å². The highest BCUT2D eigenvalue weighted by molar-refractivity contribution is 7.07. The molecule has 3 rings (SSSR count).